The van der Waals surface area contributed by atoms with E-state index in [1.807, 2.05) is 19.1 Å². The molecule has 104 valence electrons. The van der Waals surface area contributed by atoms with Gasteiger partial charge in [-0.25, -0.2) is 4.79 Å². The number of carboxylic acid groups (broad SMARTS) is 1. The number of likely N-dealkylation sites (tertiary alicyclic amines) is 1. The van der Waals surface area contributed by atoms with Crippen molar-refractivity contribution in [3.8, 4) is 0 Å². The molecule has 1 heterocycles. The van der Waals surface area contributed by atoms with Crippen LogP contribution >= 0.6 is 0 Å². The zero-order valence-corrected chi connectivity index (χ0v) is 11.6. The second kappa shape index (κ2) is 6.06. The van der Waals surface area contributed by atoms with Gasteiger partial charge in [0.2, 0.25) is 0 Å². The van der Waals surface area contributed by atoms with E-state index in [9.17, 15) is 4.79 Å². The third kappa shape index (κ3) is 3.47. The number of hydrogen-bond acceptors (Lipinski definition) is 3. The monoisotopic (exact) mass is 262 g/mol. The molecular weight excluding hydrogens is 240 g/mol. The molecule has 1 saturated heterocycles. The molecule has 1 aromatic carbocycles. The van der Waals surface area contributed by atoms with Crippen LogP contribution in [0.2, 0.25) is 0 Å². The Hall–Kier alpha value is -1.55. The molecule has 19 heavy (non-hydrogen) atoms. The molecule has 0 radical (unpaired) electrons. The van der Waals surface area contributed by atoms with Crippen molar-refractivity contribution in [3.63, 3.8) is 0 Å². The molecule has 4 nitrogen and oxygen atoms in total. The van der Waals surface area contributed by atoms with Crippen LogP contribution in [0.4, 0.5) is 5.69 Å². The summed E-state index contributed by atoms with van der Waals surface area (Å²) in [4.78, 5) is 13.5. The van der Waals surface area contributed by atoms with Gasteiger partial charge in [-0.2, -0.15) is 0 Å². The molecule has 0 amide bonds. The predicted molar refractivity (Wildman–Crippen MR) is 76.9 cm³/mol. The molecule has 2 N–H and O–H groups in total. The summed E-state index contributed by atoms with van der Waals surface area (Å²) < 4.78 is 0. The molecule has 4 heteroatoms. The van der Waals surface area contributed by atoms with Crippen LogP contribution in [0.1, 0.15) is 35.2 Å². The molecule has 1 aliphatic heterocycles. The first-order chi connectivity index (χ1) is 9.08. The summed E-state index contributed by atoms with van der Waals surface area (Å²) in [6, 6.07) is 5.87. The van der Waals surface area contributed by atoms with Crippen LogP contribution in [0.3, 0.4) is 0 Å². The minimum atomic E-state index is -0.859. The fraction of sp³-hybridized carbons (Fsp3) is 0.533. The van der Waals surface area contributed by atoms with E-state index in [-0.39, 0.29) is 0 Å². The van der Waals surface area contributed by atoms with Gasteiger partial charge in [0.05, 0.1) is 5.56 Å². The Labute approximate surface area is 114 Å². The lowest BCUT2D eigenvalue weighted by Crippen LogP contribution is -2.23. The van der Waals surface area contributed by atoms with E-state index in [4.69, 9.17) is 5.11 Å². The third-order valence-corrected chi connectivity index (χ3v) is 3.88. The van der Waals surface area contributed by atoms with E-state index in [2.05, 4.69) is 17.3 Å². The number of hydrogen-bond donors (Lipinski definition) is 2. The van der Waals surface area contributed by atoms with Crippen molar-refractivity contribution in [2.45, 2.75) is 32.2 Å². The summed E-state index contributed by atoms with van der Waals surface area (Å²) in [6.07, 6.45) is 3.43. The molecule has 0 aliphatic carbocycles. The fourth-order valence-corrected chi connectivity index (χ4v) is 2.63. The average Bonchev–Trinajstić information content (AvgIpc) is 2.57. The maximum absolute atomic E-state index is 11.1. The highest BCUT2D eigenvalue weighted by Gasteiger charge is 2.16. The van der Waals surface area contributed by atoms with Crippen molar-refractivity contribution in [1.82, 2.24) is 4.90 Å². The first-order valence-electron chi connectivity index (χ1n) is 6.86. The molecule has 0 saturated carbocycles. The molecule has 1 aromatic rings. The topological polar surface area (TPSA) is 52.6 Å². The SMILES string of the molecule is Cc1c(NC2CCCN(C)CC2)cccc1C(=O)O. The van der Waals surface area contributed by atoms with Crippen molar-refractivity contribution < 1.29 is 9.90 Å². The van der Waals surface area contributed by atoms with E-state index in [1.54, 1.807) is 6.07 Å². The normalized spacial score (nSPS) is 20.8. The third-order valence-electron chi connectivity index (χ3n) is 3.88. The lowest BCUT2D eigenvalue weighted by molar-refractivity contribution is 0.0696. The second-order valence-corrected chi connectivity index (χ2v) is 5.36. The van der Waals surface area contributed by atoms with Gasteiger partial charge in [-0.05, 0) is 64.0 Å². The van der Waals surface area contributed by atoms with E-state index >= 15 is 0 Å². The van der Waals surface area contributed by atoms with Crippen LogP contribution in [0.15, 0.2) is 18.2 Å². The van der Waals surface area contributed by atoms with Gasteiger partial charge < -0.3 is 15.3 Å². The van der Waals surface area contributed by atoms with E-state index < -0.39 is 5.97 Å². The van der Waals surface area contributed by atoms with E-state index in [1.165, 1.54) is 6.42 Å². The highest BCUT2D eigenvalue weighted by molar-refractivity contribution is 5.91. The Morgan fingerprint density at radius 1 is 1.37 bits per heavy atom. The van der Waals surface area contributed by atoms with Crippen LogP contribution in [0.25, 0.3) is 0 Å². The van der Waals surface area contributed by atoms with Gasteiger partial charge in [-0.3, -0.25) is 0 Å². The lowest BCUT2D eigenvalue weighted by atomic mass is 10.0. The maximum Gasteiger partial charge on any atom is 0.336 e. The van der Waals surface area contributed by atoms with Gasteiger partial charge in [0.1, 0.15) is 0 Å². The molecule has 1 fully saturated rings. The summed E-state index contributed by atoms with van der Waals surface area (Å²) >= 11 is 0. The number of rotatable bonds is 3. The van der Waals surface area contributed by atoms with Crippen LogP contribution in [0.5, 0.6) is 0 Å². The Kier molecular flexibility index (Phi) is 4.43. The largest absolute Gasteiger partial charge is 0.478 e. The zero-order valence-electron chi connectivity index (χ0n) is 11.6. The van der Waals surface area contributed by atoms with Crippen molar-refractivity contribution >= 4 is 11.7 Å². The Balaban J connectivity index is 2.10. The fourth-order valence-electron chi connectivity index (χ4n) is 2.63. The molecule has 1 aliphatic rings. The molecule has 1 unspecified atom stereocenters. The smallest absolute Gasteiger partial charge is 0.336 e. The van der Waals surface area contributed by atoms with Crippen molar-refractivity contribution in [2.24, 2.45) is 0 Å². The van der Waals surface area contributed by atoms with Crippen LogP contribution in [0, 0.1) is 6.92 Å². The van der Waals surface area contributed by atoms with E-state index in [0.29, 0.717) is 11.6 Å². The standard InChI is InChI=1S/C15H22N2O2/c1-11-13(15(18)19)6-3-7-14(11)16-12-5-4-9-17(2)10-8-12/h3,6-7,12,16H,4-5,8-10H2,1-2H3,(H,18,19). The van der Waals surface area contributed by atoms with Gasteiger partial charge in [0.15, 0.2) is 0 Å². The summed E-state index contributed by atoms with van der Waals surface area (Å²) in [6.45, 7) is 4.11. The lowest BCUT2D eigenvalue weighted by Gasteiger charge is -2.20. The average molecular weight is 262 g/mol. The molecule has 0 bridgehead atoms. The Morgan fingerprint density at radius 2 is 2.16 bits per heavy atom. The number of nitrogens with one attached hydrogen (secondary N) is 1. The van der Waals surface area contributed by atoms with Crippen LogP contribution in [-0.4, -0.2) is 42.2 Å². The summed E-state index contributed by atoms with van der Waals surface area (Å²) in [5.41, 5.74) is 2.16. The van der Waals surface area contributed by atoms with Gasteiger partial charge >= 0.3 is 5.97 Å². The van der Waals surface area contributed by atoms with Gasteiger partial charge in [-0.1, -0.05) is 6.07 Å². The first kappa shape index (κ1) is 13.9. The highest BCUT2D eigenvalue weighted by atomic mass is 16.4. The van der Waals surface area contributed by atoms with Crippen molar-refractivity contribution in [3.05, 3.63) is 29.3 Å². The minimum Gasteiger partial charge on any atom is -0.478 e. The Morgan fingerprint density at radius 3 is 2.89 bits per heavy atom. The summed E-state index contributed by atoms with van der Waals surface area (Å²) in [5.74, 6) is -0.859. The molecule has 2 rings (SSSR count). The predicted octanol–water partition coefficient (Wildman–Crippen LogP) is 2.59. The Bertz CT molecular complexity index is 459. The van der Waals surface area contributed by atoms with Crippen LogP contribution < -0.4 is 5.32 Å². The minimum absolute atomic E-state index is 0.385. The van der Waals surface area contributed by atoms with Crippen molar-refractivity contribution in [2.75, 3.05) is 25.5 Å². The summed E-state index contributed by atoms with van der Waals surface area (Å²) in [5, 5.41) is 12.7. The molecular formula is C15H22N2O2. The quantitative estimate of drug-likeness (QED) is 0.879. The molecule has 0 aromatic heterocycles. The molecule has 1 atom stereocenters. The first-order valence-corrected chi connectivity index (χ1v) is 6.86. The van der Waals surface area contributed by atoms with Gasteiger partial charge in [-0.15, -0.1) is 0 Å². The number of anilines is 1. The van der Waals surface area contributed by atoms with E-state index in [0.717, 1.165) is 37.2 Å². The number of carboxylic acids is 1. The number of aromatic carboxylic acids is 1. The number of nitrogens with zero attached hydrogens (tertiary/aromatic N) is 1. The number of carbonyl (C=O) groups is 1. The van der Waals surface area contributed by atoms with Gasteiger partial charge in [0.25, 0.3) is 0 Å². The second-order valence-electron chi connectivity index (χ2n) is 5.36. The maximum atomic E-state index is 11.1. The highest BCUT2D eigenvalue weighted by Crippen LogP contribution is 2.22. The van der Waals surface area contributed by atoms with Gasteiger partial charge in [0, 0.05) is 11.7 Å². The van der Waals surface area contributed by atoms with Crippen LogP contribution in [-0.2, 0) is 0 Å². The summed E-state index contributed by atoms with van der Waals surface area (Å²) in [7, 11) is 2.15. The zero-order chi connectivity index (χ0) is 13.8. The van der Waals surface area contributed by atoms with Crippen molar-refractivity contribution in [1.29, 1.82) is 0 Å². The number of benzene rings is 1. The molecule has 0 spiro atoms.